The lowest BCUT2D eigenvalue weighted by Gasteiger charge is -2.40. The Kier molecular flexibility index (Phi) is 8.16. The van der Waals surface area contributed by atoms with Crippen molar-refractivity contribution in [3.05, 3.63) is 28.8 Å². The monoisotopic (exact) mass is 432 g/mol. The van der Waals surface area contributed by atoms with Crippen LogP contribution in [0.25, 0.3) is 0 Å². The van der Waals surface area contributed by atoms with Crippen molar-refractivity contribution < 1.29 is 18.3 Å². The largest absolute Gasteiger partial charge is 0.507 e. The second-order valence-electron chi connectivity index (χ2n) is 7.81. The first-order valence-electron chi connectivity index (χ1n) is 10.0. The molecule has 1 fully saturated rings. The van der Waals surface area contributed by atoms with Gasteiger partial charge in [-0.1, -0.05) is 25.5 Å². The van der Waals surface area contributed by atoms with Crippen LogP contribution in [0.1, 0.15) is 55.4 Å². The van der Waals surface area contributed by atoms with E-state index in [9.17, 15) is 13.5 Å². The van der Waals surface area contributed by atoms with Crippen LogP contribution in [-0.4, -0.2) is 49.3 Å². The van der Waals surface area contributed by atoms with Crippen LogP contribution in [0.5, 0.6) is 5.75 Å². The maximum Gasteiger partial charge on any atom is 0.214 e. The number of sulfonamides is 1. The molecule has 0 unspecified atom stereocenters. The number of unbranched alkanes of at least 4 members (excludes halogenated alkanes) is 1. The lowest BCUT2D eigenvalue weighted by molar-refractivity contribution is -0.0612. The summed E-state index contributed by atoms with van der Waals surface area (Å²) in [6.07, 6.45) is 3.59. The summed E-state index contributed by atoms with van der Waals surface area (Å²) in [5, 5.41) is 10.5. The van der Waals surface area contributed by atoms with Crippen molar-refractivity contribution in [2.45, 2.75) is 58.2 Å². The molecule has 0 aromatic heterocycles. The maximum absolute atomic E-state index is 12.4. The van der Waals surface area contributed by atoms with E-state index in [0.717, 1.165) is 36.0 Å². The number of phenols is 1. The molecule has 6 nitrogen and oxygen atoms in total. The van der Waals surface area contributed by atoms with E-state index in [2.05, 4.69) is 0 Å². The van der Waals surface area contributed by atoms with Gasteiger partial charge < -0.3 is 15.6 Å². The number of phenolic OH excluding ortho intramolecular Hbond substituents is 1. The van der Waals surface area contributed by atoms with Crippen LogP contribution in [0.2, 0.25) is 0 Å². The van der Waals surface area contributed by atoms with Crippen molar-refractivity contribution in [3.8, 4) is 5.75 Å². The van der Waals surface area contributed by atoms with Gasteiger partial charge in [0.05, 0.1) is 18.0 Å². The zero-order chi connectivity index (χ0) is 19.6. The first kappa shape index (κ1) is 23.4. The highest BCUT2D eigenvalue weighted by molar-refractivity contribution is 7.89. The van der Waals surface area contributed by atoms with E-state index in [1.54, 1.807) is 4.31 Å². The normalized spacial score (nSPS) is 23.8. The number of fused-ring (bicyclic) bond motifs is 1. The number of rotatable bonds is 6. The Hall–Kier alpha value is -0.860. The SMILES string of the molecule is CCCCS(=O)(=O)N1CCC([C@@H]2Cc3c(ccc(C)c3O)[C@H](CN)O2)CC1.Cl. The van der Waals surface area contributed by atoms with E-state index in [0.29, 0.717) is 38.2 Å². The van der Waals surface area contributed by atoms with Gasteiger partial charge in [-0.05, 0) is 43.2 Å². The van der Waals surface area contributed by atoms with Gasteiger partial charge in [-0.3, -0.25) is 0 Å². The van der Waals surface area contributed by atoms with Crippen LogP contribution in [0.3, 0.4) is 0 Å². The van der Waals surface area contributed by atoms with E-state index >= 15 is 0 Å². The number of halogens is 1. The Bertz CT molecular complexity index is 764. The molecule has 160 valence electrons. The Morgan fingerprint density at radius 2 is 1.96 bits per heavy atom. The van der Waals surface area contributed by atoms with Gasteiger partial charge in [0.25, 0.3) is 0 Å². The zero-order valence-electron chi connectivity index (χ0n) is 16.8. The van der Waals surface area contributed by atoms with Crippen molar-refractivity contribution in [2.24, 2.45) is 11.7 Å². The molecule has 0 aliphatic carbocycles. The van der Waals surface area contributed by atoms with Gasteiger partial charge in [0, 0.05) is 31.6 Å². The quantitative estimate of drug-likeness (QED) is 0.720. The summed E-state index contributed by atoms with van der Waals surface area (Å²) in [6.45, 7) is 5.38. The van der Waals surface area contributed by atoms with Crippen molar-refractivity contribution in [3.63, 3.8) is 0 Å². The summed E-state index contributed by atoms with van der Waals surface area (Å²) in [7, 11) is -3.14. The third-order valence-electron chi connectivity index (χ3n) is 6.00. The van der Waals surface area contributed by atoms with Gasteiger partial charge in [0.2, 0.25) is 10.0 Å². The molecule has 2 atom stereocenters. The first-order valence-corrected chi connectivity index (χ1v) is 11.6. The van der Waals surface area contributed by atoms with Crippen molar-refractivity contribution in [2.75, 3.05) is 25.4 Å². The topological polar surface area (TPSA) is 92.9 Å². The average molecular weight is 433 g/mol. The summed E-state index contributed by atoms with van der Waals surface area (Å²) in [5.41, 5.74) is 8.72. The van der Waals surface area contributed by atoms with Crippen LogP contribution in [-0.2, 0) is 21.2 Å². The van der Waals surface area contributed by atoms with Crippen LogP contribution in [0, 0.1) is 12.8 Å². The minimum Gasteiger partial charge on any atom is -0.507 e. The fraction of sp³-hybridized carbons (Fsp3) is 0.700. The Balaban J connectivity index is 0.00000280. The lowest BCUT2D eigenvalue weighted by Crippen LogP contribution is -2.44. The summed E-state index contributed by atoms with van der Waals surface area (Å²) in [4.78, 5) is 0. The summed E-state index contributed by atoms with van der Waals surface area (Å²) < 4.78 is 32.7. The highest BCUT2D eigenvalue weighted by Crippen LogP contribution is 2.40. The fourth-order valence-electron chi connectivity index (χ4n) is 4.26. The molecular weight excluding hydrogens is 400 g/mol. The molecule has 0 amide bonds. The number of benzene rings is 1. The van der Waals surface area contributed by atoms with Crippen LogP contribution >= 0.6 is 12.4 Å². The molecule has 1 aromatic carbocycles. The van der Waals surface area contributed by atoms with Crippen molar-refractivity contribution in [1.82, 2.24) is 4.31 Å². The molecule has 0 saturated carbocycles. The predicted octanol–water partition coefficient (Wildman–Crippen LogP) is 2.91. The lowest BCUT2D eigenvalue weighted by atomic mass is 9.83. The molecule has 8 heteroatoms. The zero-order valence-corrected chi connectivity index (χ0v) is 18.4. The minimum atomic E-state index is -3.14. The van der Waals surface area contributed by atoms with Crippen molar-refractivity contribution >= 4 is 22.4 Å². The summed E-state index contributed by atoms with van der Waals surface area (Å²) >= 11 is 0. The maximum atomic E-state index is 12.4. The standard InChI is InChI=1S/C20H32N2O4S.ClH/c1-3-4-11-27(24,25)22-9-7-15(8-10-22)18-12-17-16(19(13-21)26-18)6-5-14(2)20(17)23;/h5-6,15,18-19,23H,3-4,7-13,21H2,1-2H3;1H/t18-,19-;/m0./s1. The molecule has 28 heavy (non-hydrogen) atoms. The smallest absolute Gasteiger partial charge is 0.214 e. The van der Waals surface area contributed by atoms with Gasteiger partial charge in [0.15, 0.2) is 0 Å². The number of piperidine rings is 1. The fourth-order valence-corrected chi connectivity index (χ4v) is 5.94. The third kappa shape index (κ3) is 4.82. The number of nitrogens with two attached hydrogens (primary N) is 1. The summed E-state index contributed by atoms with van der Waals surface area (Å²) in [5.74, 6) is 0.868. The molecule has 3 rings (SSSR count). The summed E-state index contributed by atoms with van der Waals surface area (Å²) in [6, 6.07) is 3.90. The van der Waals surface area contributed by atoms with Crippen molar-refractivity contribution in [1.29, 1.82) is 0 Å². The number of nitrogens with zero attached hydrogens (tertiary/aromatic N) is 1. The first-order chi connectivity index (χ1) is 12.9. The highest BCUT2D eigenvalue weighted by Gasteiger charge is 2.37. The Morgan fingerprint density at radius 1 is 1.29 bits per heavy atom. The second kappa shape index (κ2) is 9.76. The number of ether oxygens (including phenoxy) is 1. The molecule has 1 saturated heterocycles. The van der Waals surface area contributed by atoms with Gasteiger partial charge in [-0.25, -0.2) is 12.7 Å². The molecule has 0 bridgehead atoms. The molecule has 2 aliphatic rings. The third-order valence-corrected chi connectivity index (χ3v) is 7.96. The van der Waals surface area contributed by atoms with E-state index in [-0.39, 0.29) is 36.3 Å². The van der Waals surface area contributed by atoms with Crippen LogP contribution in [0.15, 0.2) is 12.1 Å². The van der Waals surface area contributed by atoms with E-state index < -0.39 is 10.0 Å². The number of aryl methyl sites for hydroxylation is 1. The van der Waals surface area contributed by atoms with Gasteiger partial charge in [0.1, 0.15) is 5.75 Å². The minimum absolute atomic E-state index is 0. The molecule has 2 aliphatic heterocycles. The highest BCUT2D eigenvalue weighted by atomic mass is 35.5. The molecular formula is C20H33ClN2O4S. The molecule has 1 aromatic rings. The number of hydrogen-bond donors (Lipinski definition) is 2. The number of hydrogen-bond acceptors (Lipinski definition) is 5. The Labute approximate surface area is 174 Å². The average Bonchev–Trinajstić information content (AvgIpc) is 2.68. The van der Waals surface area contributed by atoms with Gasteiger partial charge in [-0.2, -0.15) is 0 Å². The van der Waals surface area contributed by atoms with Gasteiger partial charge >= 0.3 is 0 Å². The predicted molar refractivity (Wildman–Crippen MR) is 113 cm³/mol. The van der Waals surface area contributed by atoms with Crippen LogP contribution in [0.4, 0.5) is 0 Å². The van der Waals surface area contributed by atoms with E-state index in [1.807, 2.05) is 26.0 Å². The molecule has 2 heterocycles. The van der Waals surface area contributed by atoms with E-state index in [4.69, 9.17) is 10.5 Å². The van der Waals surface area contributed by atoms with Gasteiger partial charge in [-0.15, -0.1) is 12.4 Å². The molecule has 0 spiro atoms. The van der Waals surface area contributed by atoms with E-state index in [1.165, 1.54) is 0 Å². The van der Waals surface area contributed by atoms with Crippen LogP contribution < -0.4 is 5.73 Å². The Morgan fingerprint density at radius 3 is 2.57 bits per heavy atom. The number of aromatic hydroxyl groups is 1. The second-order valence-corrected chi connectivity index (χ2v) is 9.90. The molecule has 3 N–H and O–H groups in total. The molecule has 0 radical (unpaired) electrons.